The molecule has 3 heterocycles. The Bertz CT molecular complexity index is 1010. The molecule has 1 aromatic carbocycles. The normalized spacial score (nSPS) is 16.6. The minimum atomic E-state index is -0.225. The Balaban J connectivity index is 1.45. The van der Waals surface area contributed by atoms with Crippen molar-refractivity contribution in [1.82, 2.24) is 19.4 Å². The number of imidazole rings is 1. The van der Waals surface area contributed by atoms with Gasteiger partial charge in [0.05, 0.1) is 5.56 Å². The molecule has 2 aromatic heterocycles. The topological polar surface area (TPSA) is 51.0 Å². The summed E-state index contributed by atoms with van der Waals surface area (Å²) in [5.74, 6) is 1.22. The zero-order chi connectivity index (χ0) is 21.1. The predicted molar refractivity (Wildman–Crippen MR) is 114 cm³/mol. The summed E-state index contributed by atoms with van der Waals surface area (Å²) in [4.78, 5) is 23.7. The van der Waals surface area contributed by atoms with E-state index in [0.717, 1.165) is 55.1 Å². The van der Waals surface area contributed by atoms with Crippen LogP contribution >= 0.6 is 0 Å². The number of benzene rings is 1. The maximum absolute atomic E-state index is 13.2. The molecule has 4 rings (SSSR count). The van der Waals surface area contributed by atoms with E-state index in [2.05, 4.69) is 14.5 Å². The Kier molecular flexibility index (Phi) is 5.93. The third kappa shape index (κ3) is 4.58. The van der Waals surface area contributed by atoms with Gasteiger partial charge < -0.3 is 9.47 Å². The van der Waals surface area contributed by atoms with E-state index >= 15 is 0 Å². The van der Waals surface area contributed by atoms with Crippen molar-refractivity contribution in [2.75, 3.05) is 13.1 Å². The van der Waals surface area contributed by atoms with Crippen molar-refractivity contribution in [2.24, 2.45) is 5.92 Å². The summed E-state index contributed by atoms with van der Waals surface area (Å²) < 4.78 is 15.4. The van der Waals surface area contributed by atoms with Crippen molar-refractivity contribution >= 4 is 5.91 Å². The fraction of sp³-hybridized carbons (Fsp3) is 0.375. The van der Waals surface area contributed by atoms with Crippen molar-refractivity contribution in [1.29, 1.82) is 0 Å². The third-order valence-electron chi connectivity index (χ3n) is 5.83. The first-order valence-corrected chi connectivity index (χ1v) is 10.5. The summed E-state index contributed by atoms with van der Waals surface area (Å²) >= 11 is 0. The van der Waals surface area contributed by atoms with Crippen molar-refractivity contribution in [2.45, 2.75) is 39.7 Å². The lowest BCUT2D eigenvalue weighted by molar-refractivity contribution is 0.0671. The highest BCUT2D eigenvalue weighted by Gasteiger charge is 2.26. The second kappa shape index (κ2) is 8.78. The number of amides is 1. The summed E-state index contributed by atoms with van der Waals surface area (Å²) in [5.41, 5.74) is 3.69. The van der Waals surface area contributed by atoms with Crippen LogP contribution in [0.3, 0.4) is 0 Å². The van der Waals surface area contributed by atoms with Gasteiger partial charge in [-0.15, -0.1) is 0 Å². The lowest BCUT2D eigenvalue weighted by Gasteiger charge is -2.33. The van der Waals surface area contributed by atoms with E-state index in [9.17, 15) is 9.18 Å². The molecule has 0 aliphatic carbocycles. The standard InChI is InChI=1S/C24H27FN4O/c1-17-5-8-21(14-26-17)24(30)28-11-3-4-20(15-28)12-23-27-13-18(2)29(23)16-19-6-9-22(25)10-7-19/h5-10,13-14,20H,3-4,11-12,15-16H2,1-2H3. The molecular formula is C24H27FN4O. The molecule has 1 unspecified atom stereocenters. The minimum absolute atomic E-state index is 0.0537. The molecule has 1 aliphatic heterocycles. The van der Waals surface area contributed by atoms with E-state index in [1.807, 2.05) is 49.2 Å². The van der Waals surface area contributed by atoms with Crippen LogP contribution in [0.15, 0.2) is 48.8 Å². The smallest absolute Gasteiger partial charge is 0.255 e. The molecule has 1 atom stereocenters. The van der Waals surface area contributed by atoms with Gasteiger partial charge in [-0.25, -0.2) is 9.37 Å². The van der Waals surface area contributed by atoms with Gasteiger partial charge in [-0.05, 0) is 62.4 Å². The second-order valence-electron chi connectivity index (χ2n) is 8.18. The Morgan fingerprint density at radius 2 is 1.90 bits per heavy atom. The van der Waals surface area contributed by atoms with Gasteiger partial charge in [-0.2, -0.15) is 0 Å². The number of hydrogen-bond acceptors (Lipinski definition) is 3. The first-order valence-electron chi connectivity index (χ1n) is 10.5. The largest absolute Gasteiger partial charge is 0.338 e. The van der Waals surface area contributed by atoms with Gasteiger partial charge in [0.25, 0.3) is 5.91 Å². The molecule has 1 fully saturated rings. The van der Waals surface area contributed by atoms with Crippen molar-refractivity contribution in [3.63, 3.8) is 0 Å². The Morgan fingerprint density at radius 3 is 2.63 bits per heavy atom. The molecule has 6 heteroatoms. The average molecular weight is 407 g/mol. The zero-order valence-electron chi connectivity index (χ0n) is 17.5. The molecule has 30 heavy (non-hydrogen) atoms. The highest BCUT2D eigenvalue weighted by atomic mass is 19.1. The highest BCUT2D eigenvalue weighted by molar-refractivity contribution is 5.94. The van der Waals surface area contributed by atoms with Crippen molar-refractivity contribution in [3.05, 3.63) is 82.9 Å². The summed E-state index contributed by atoms with van der Waals surface area (Å²) in [7, 11) is 0. The monoisotopic (exact) mass is 406 g/mol. The highest BCUT2D eigenvalue weighted by Crippen LogP contribution is 2.23. The summed E-state index contributed by atoms with van der Waals surface area (Å²) in [6.45, 7) is 6.15. The number of piperidine rings is 1. The van der Waals surface area contributed by atoms with Crippen LogP contribution in [0.4, 0.5) is 4.39 Å². The molecule has 0 N–H and O–H groups in total. The van der Waals surface area contributed by atoms with Crippen LogP contribution < -0.4 is 0 Å². The molecule has 3 aromatic rings. The lowest BCUT2D eigenvalue weighted by atomic mass is 9.94. The van der Waals surface area contributed by atoms with Crippen LogP contribution in [0.25, 0.3) is 0 Å². The minimum Gasteiger partial charge on any atom is -0.338 e. The first kappa shape index (κ1) is 20.3. The van der Waals surface area contributed by atoms with E-state index in [4.69, 9.17) is 0 Å². The maximum Gasteiger partial charge on any atom is 0.255 e. The van der Waals surface area contributed by atoms with Gasteiger partial charge in [0, 0.05) is 49.8 Å². The molecule has 1 aliphatic rings. The quantitative estimate of drug-likeness (QED) is 0.639. The molecule has 0 spiro atoms. The fourth-order valence-electron chi connectivity index (χ4n) is 4.11. The molecule has 1 amide bonds. The fourth-order valence-corrected chi connectivity index (χ4v) is 4.11. The Labute approximate surface area is 176 Å². The van der Waals surface area contributed by atoms with Gasteiger partial charge in [0.1, 0.15) is 11.6 Å². The maximum atomic E-state index is 13.2. The third-order valence-corrected chi connectivity index (χ3v) is 5.83. The Hall–Kier alpha value is -3.02. The molecule has 0 saturated carbocycles. The van der Waals surface area contributed by atoms with Crippen LogP contribution in [0.1, 0.15) is 46.0 Å². The van der Waals surface area contributed by atoms with Crippen molar-refractivity contribution < 1.29 is 9.18 Å². The number of nitrogens with zero attached hydrogens (tertiary/aromatic N) is 4. The number of pyridine rings is 1. The van der Waals surface area contributed by atoms with Gasteiger partial charge in [-0.3, -0.25) is 9.78 Å². The number of aromatic nitrogens is 3. The van der Waals surface area contributed by atoms with E-state index in [1.165, 1.54) is 12.1 Å². The number of likely N-dealkylation sites (tertiary alicyclic amines) is 1. The van der Waals surface area contributed by atoms with Crippen LogP contribution in [0.2, 0.25) is 0 Å². The SMILES string of the molecule is Cc1ccc(C(=O)N2CCCC(Cc3ncc(C)n3Cc3ccc(F)cc3)C2)cn1. The number of hydrogen-bond donors (Lipinski definition) is 0. The number of rotatable bonds is 5. The second-order valence-corrected chi connectivity index (χ2v) is 8.18. The molecule has 156 valence electrons. The zero-order valence-corrected chi connectivity index (χ0v) is 17.5. The van der Waals surface area contributed by atoms with Crippen LogP contribution in [0.5, 0.6) is 0 Å². The van der Waals surface area contributed by atoms with Gasteiger partial charge in [0.2, 0.25) is 0 Å². The van der Waals surface area contributed by atoms with Crippen LogP contribution in [-0.2, 0) is 13.0 Å². The lowest BCUT2D eigenvalue weighted by Crippen LogP contribution is -2.40. The van der Waals surface area contributed by atoms with Gasteiger partial charge in [-0.1, -0.05) is 12.1 Å². The molecule has 0 radical (unpaired) electrons. The molecular weight excluding hydrogens is 379 g/mol. The van der Waals surface area contributed by atoms with Crippen molar-refractivity contribution in [3.8, 4) is 0 Å². The van der Waals surface area contributed by atoms with E-state index in [1.54, 1.807) is 6.20 Å². The molecule has 0 bridgehead atoms. The van der Waals surface area contributed by atoms with Gasteiger partial charge in [0.15, 0.2) is 0 Å². The van der Waals surface area contributed by atoms with Gasteiger partial charge >= 0.3 is 0 Å². The average Bonchev–Trinajstić information content (AvgIpc) is 3.09. The summed E-state index contributed by atoms with van der Waals surface area (Å²) in [5, 5.41) is 0. The molecule has 5 nitrogen and oxygen atoms in total. The predicted octanol–water partition coefficient (Wildman–Crippen LogP) is 4.18. The number of aryl methyl sites for hydroxylation is 2. The number of carbonyl (C=O) groups is 1. The van der Waals surface area contributed by atoms with Crippen LogP contribution in [0, 0.1) is 25.6 Å². The summed E-state index contributed by atoms with van der Waals surface area (Å²) in [6, 6.07) is 10.3. The van der Waals surface area contributed by atoms with Crippen LogP contribution in [-0.4, -0.2) is 38.4 Å². The Morgan fingerprint density at radius 1 is 1.10 bits per heavy atom. The number of carbonyl (C=O) groups excluding carboxylic acids is 1. The first-order chi connectivity index (χ1) is 14.5. The molecule has 1 saturated heterocycles. The van der Waals surface area contributed by atoms with E-state index in [-0.39, 0.29) is 11.7 Å². The van der Waals surface area contributed by atoms with E-state index in [0.29, 0.717) is 18.0 Å². The van der Waals surface area contributed by atoms with E-state index < -0.39 is 0 Å². The number of halogens is 1. The summed E-state index contributed by atoms with van der Waals surface area (Å²) in [6.07, 6.45) is 6.46.